The van der Waals surface area contributed by atoms with Gasteiger partial charge in [0, 0.05) is 26.5 Å². The van der Waals surface area contributed by atoms with Crippen molar-refractivity contribution in [1.29, 1.82) is 0 Å². The molecule has 0 bridgehead atoms. The summed E-state index contributed by atoms with van der Waals surface area (Å²) in [7, 11) is 1.60. The van der Waals surface area contributed by atoms with Gasteiger partial charge in [-0.15, -0.1) is 0 Å². The SMILES string of the molecule is COc1ccc2[nH]c(C(=O)NN=Cc3cc(Br)cc(Br)c3OC(=O)c3ccc4c(c3)OCO4)c(-c3ccccc3)c2c1. The molecule has 0 fully saturated rings. The lowest BCUT2D eigenvalue weighted by molar-refractivity contribution is 0.0732. The number of nitrogens with zero attached hydrogens (tertiary/aromatic N) is 1. The third-order valence-corrected chi connectivity index (χ3v) is 7.55. The number of H-pyrrole nitrogens is 1. The molecule has 5 aromatic rings. The molecule has 2 heterocycles. The number of hydrazone groups is 1. The second-order valence-electron chi connectivity index (χ2n) is 9.12. The van der Waals surface area contributed by atoms with Crippen LogP contribution in [-0.2, 0) is 0 Å². The van der Waals surface area contributed by atoms with Crippen molar-refractivity contribution in [3.8, 4) is 34.1 Å². The third-order valence-electron chi connectivity index (χ3n) is 6.51. The lowest BCUT2D eigenvalue weighted by Gasteiger charge is -2.11. The van der Waals surface area contributed by atoms with Crippen LogP contribution >= 0.6 is 31.9 Å². The summed E-state index contributed by atoms with van der Waals surface area (Å²) in [4.78, 5) is 29.6. The van der Waals surface area contributed by atoms with Crippen LogP contribution < -0.4 is 24.4 Å². The van der Waals surface area contributed by atoms with Crippen LogP contribution in [0.3, 0.4) is 0 Å². The fraction of sp³-hybridized carbons (Fsp3) is 0.0645. The Balaban J connectivity index is 1.28. The van der Waals surface area contributed by atoms with Crippen LogP contribution in [0.1, 0.15) is 26.4 Å². The highest BCUT2D eigenvalue weighted by Crippen LogP contribution is 2.36. The molecule has 0 spiro atoms. The van der Waals surface area contributed by atoms with Gasteiger partial charge in [-0.25, -0.2) is 10.2 Å². The number of ether oxygens (including phenoxy) is 4. The van der Waals surface area contributed by atoms with Crippen molar-refractivity contribution in [2.24, 2.45) is 5.10 Å². The van der Waals surface area contributed by atoms with Crippen molar-refractivity contribution >= 4 is 60.9 Å². The smallest absolute Gasteiger partial charge is 0.343 e. The Morgan fingerprint density at radius 2 is 1.79 bits per heavy atom. The van der Waals surface area contributed by atoms with Crippen molar-refractivity contribution in [3.05, 3.63) is 105 Å². The Morgan fingerprint density at radius 3 is 2.60 bits per heavy atom. The zero-order chi connectivity index (χ0) is 29.2. The maximum Gasteiger partial charge on any atom is 0.343 e. The van der Waals surface area contributed by atoms with Gasteiger partial charge >= 0.3 is 5.97 Å². The maximum absolute atomic E-state index is 13.4. The second-order valence-corrected chi connectivity index (χ2v) is 10.9. The van der Waals surface area contributed by atoms with Crippen LogP contribution in [0.25, 0.3) is 22.0 Å². The summed E-state index contributed by atoms with van der Waals surface area (Å²) in [5.74, 6) is 0.871. The minimum atomic E-state index is -0.601. The molecule has 0 aliphatic carbocycles. The summed E-state index contributed by atoms with van der Waals surface area (Å²) in [6, 6.07) is 23.4. The number of esters is 1. The lowest BCUT2D eigenvalue weighted by atomic mass is 10.0. The van der Waals surface area contributed by atoms with Crippen LogP contribution in [0.15, 0.2) is 92.9 Å². The molecule has 0 saturated heterocycles. The molecule has 0 unspecified atom stereocenters. The van der Waals surface area contributed by atoms with Gasteiger partial charge in [-0.1, -0.05) is 46.3 Å². The molecule has 0 atom stereocenters. The summed E-state index contributed by atoms with van der Waals surface area (Å²) in [5, 5.41) is 5.02. The number of amides is 1. The molecular weight excluding hydrogens is 670 g/mol. The van der Waals surface area contributed by atoms with E-state index in [1.54, 1.807) is 37.4 Å². The quantitative estimate of drug-likeness (QED) is 0.0817. The Kier molecular flexibility index (Phi) is 7.68. The van der Waals surface area contributed by atoms with Gasteiger partial charge in [0.1, 0.15) is 11.4 Å². The first-order valence-corrected chi connectivity index (χ1v) is 14.2. The number of rotatable bonds is 7. The van der Waals surface area contributed by atoms with Crippen LogP contribution in [0, 0.1) is 0 Å². The monoisotopic (exact) mass is 689 g/mol. The molecule has 6 rings (SSSR count). The van der Waals surface area contributed by atoms with Gasteiger partial charge in [0.15, 0.2) is 17.2 Å². The predicted molar refractivity (Wildman–Crippen MR) is 165 cm³/mol. The van der Waals surface area contributed by atoms with Crippen molar-refractivity contribution in [2.45, 2.75) is 0 Å². The van der Waals surface area contributed by atoms with Crippen molar-refractivity contribution in [1.82, 2.24) is 10.4 Å². The summed E-state index contributed by atoms with van der Waals surface area (Å²) in [6.45, 7) is 0.0952. The number of nitrogens with one attached hydrogen (secondary N) is 2. The summed E-state index contributed by atoms with van der Waals surface area (Å²) in [6.07, 6.45) is 1.41. The molecule has 210 valence electrons. The first-order chi connectivity index (χ1) is 20.4. The van der Waals surface area contributed by atoms with E-state index < -0.39 is 11.9 Å². The second kappa shape index (κ2) is 11.7. The van der Waals surface area contributed by atoms with Crippen molar-refractivity contribution < 1.29 is 28.5 Å². The highest BCUT2D eigenvalue weighted by atomic mass is 79.9. The Labute approximate surface area is 256 Å². The fourth-order valence-corrected chi connectivity index (χ4v) is 5.89. The number of hydrogen-bond acceptors (Lipinski definition) is 7. The van der Waals surface area contributed by atoms with E-state index in [0.29, 0.717) is 37.5 Å². The Morgan fingerprint density at radius 1 is 0.976 bits per heavy atom. The normalized spacial score (nSPS) is 12.1. The molecule has 0 radical (unpaired) electrons. The number of fused-ring (bicyclic) bond motifs is 2. The van der Waals surface area contributed by atoms with Crippen LogP contribution in [0.2, 0.25) is 0 Å². The lowest BCUT2D eigenvalue weighted by Crippen LogP contribution is -2.19. The van der Waals surface area contributed by atoms with E-state index in [9.17, 15) is 9.59 Å². The van der Waals surface area contributed by atoms with Gasteiger partial charge in [-0.3, -0.25) is 4.79 Å². The largest absolute Gasteiger partial charge is 0.497 e. The number of carbonyl (C=O) groups is 2. The number of halogens is 2. The predicted octanol–water partition coefficient (Wildman–Crippen LogP) is 7.08. The molecule has 42 heavy (non-hydrogen) atoms. The molecule has 11 heteroatoms. The van der Waals surface area contributed by atoms with Gasteiger partial charge in [0.2, 0.25) is 6.79 Å². The minimum Gasteiger partial charge on any atom is -0.497 e. The van der Waals surface area contributed by atoms with E-state index in [1.807, 2.05) is 48.5 Å². The number of aromatic nitrogens is 1. The fourth-order valence-electron chi connectivity index (χ4n) is 4.55. The average molecular weight is 691 g/mol. The van der Waals surface area contributed by atoms with Gasteiger partial charge in [-0.2, -0.15) is 5.10 Å². The standard InChI is InChI=1S/C31H21Br2N3O6/c1-39-21-8-9-24-22(14-21)27(17-5-3-2-4-6-17)28(35-24)30(37)36-34-15-19-11-20(32)13-23(33)29(19)42-31(38)18-7-10-25-26(12-18)41-16-40-25/h2-15,35H,16H2,1H3,(H,36,37). The van der Waals surface area contributed by atoms with E-state index in [4.69, 9.17) is 18.9 Å². The van der Waals surface area contributed by atoms with Gasteiger partial charge in [0.05, 0.1) is 23.4 Å². The van der Waals surface area contributed by atoms with Gasteiger partial charge < -0.3 is 23.9 Å². The molecule has 1 amide bonds. The molecular formula is C31H21Br2N3O6. The maximum atomic E-state index is 13.4. The number of benzene rings is 4. The number of carbonyl (C=O) groups excluding carboxylic acids is 2. The Bertz CT molecular complexity index is 1870. The van der Waals surface area contributed by atoms with Gasteiger partial charge in [-0.05, 0) is 70.0 Å². The zero-order valence-electron chi connectivity index (χ0n) is 21.9. The molecule has 9 nitrogen and oxygen atoms in total. The summed E-state index contributed by atoms with van der Waals surface area (Å²) in [5.41, 5.74) is 6.02. The molecule has 2 N–H and O–H groups in total. The van der Waals surface area contributed by atoms with Crippen molar-refractivity contribution in [3.63, 3.8) is 0 Å². The average Bonchev–Trinajstić information content (AvgIpc) is 3.63. The highest BCUT2D eigenvalue weighted by molar-refractivity contribution is 9.11. The third kappa shape index (κ3) is 5.48. The topological polar surface area (TPSA) is 111 Å². The van der Waals surface area contributed by atoms with Gasteiger partial charge in [0.25, 0.3) is 5.91 Å². The molecule has 1 aliphatic heterocycles. The van der Waals surface area contributed by atoms with E-state index in [-0.39, 0.29) is 18.1 Å². The molecule has 1 aliphatic rings. The van der Waals surface area contributed by atoms with E-state index >= 15 is 0 Å². The summed E-state index contributed by atoms with van der Waals surface area (Å²) < 4.78 is 23.0. The minimum absolute atomic E-state index is 0.0952. The first-order valence-electron chi connectivity index (χ1n) is 12.6. The number of hydrogen-bond donors (Lipinski definition) is 2. The van der Waals surface area contributed by atoms with Crippen molar-refractivity contribution in [2.75, 3.05) is 13.9 Å². The first kappa shape index (κ1) is 27.6. The molecule has 0 saturated carbocycles. The molecule has 1 aromatic heterocycles. The van der Waals surface area contributed by atoms with Crippen LogP contribution in [0.5, 0.6) is 23.0 Å². The summed E-state index contributed by atoms with van der Waals surface area (Å²) >= 11 is 6.91. The van der Waals surface area contributed by atoms with E-state index in [1.165, 1.54) is 6.21 Å². The zero-order valence-corrected chi connectivity index (χ0v) is 25.1. The number of methoxy groups -OCH3 is 1. The highest BCUT2D eigenvalue weighted by Gasteiger charge is 2.21. The van der Waals surface area contributed by atoms with E-state index in [0.717, 1.165) is 22.0 Å². The van der Waals surface area contributed by atoms with E-state index in [2.05, 4.69) is 47.4 Å². The van der Waals surface area contributed by atoms with Crippen LogP contribution in [-0.4, -0.2) is 37.0 Å². The number of aromatic amines is 1. The molecule has 4 aromatic carbocycles. The Hall–Kier alpha value is -4.61. The van der Waals surface area contributed by atoms with Crippen LogP contribution in [0.4, 0.5) is 0 Å².